The average molecular weight is 253 g/mol. The molecule has 1 heterocycles. The topological polar surface area (TPSA) is 58.8 Å². The Balaban J connectivity index is 2.24. The fourth-order valence-corrected chi connectivity index (χ4v) is 1.92. The number of hydrogen-bond donors (Lipinski definition) is 0. The highest BCUT2D eigenvalue weighted by atomic mass is 16.5. The lowest BCUT2D eigenvalue weighted by atomic mass is 9.98. The second-order valence-electron chi connectivity index (χ2n) is 4.61. The molecule has 4 nitrogen and oxygen atoms in total. The Hall–Kier alpha value is -2.41. The Kier molecular flexibility index (Phi) is 3.76. The molecule has 0 amide bonds. The highest BCUT2D eigenvalue weighted by molar-refractivity contribution is 5.37. The van der Waals surface area contributed by atoms with Crippen molar-refractivity contribution in [2.24, 2.45) is 0 Å². The van der Waals surface area contributed by atoms with Crippen molar-refractivity contribution >= 4 is 0 Å². The van der Waals surface area contributed by atoms with E-state index in [1.165, 1.54) is 17.3 Å². The molecule has 4 heteroatoms. The van der Waals surface area contributed by atoms with Crippen molar-refractivity contribution in [3.8, 4) is 17.8 Å². The summed E-state index contributed by atoms with van der Waals surface area (Å²) < 4.78 is 5.56. The maximum Gasteiger partial charge on any atom is 0.323 e. The fraction of sp³-hybridized carbons (Fsp3) is 0.267. The zero-order chi connectivity index (χ0) is 13.8. The number of nitriles is 1. The van der Waals surface area contributed by atoms with Crippen molar-refractivity contribution in [1.29, 1.82) is 5.26 Å². The molecule has 2 aromatic rings. The first-order valence-corrected chi connectivity index (χ1v) is 6.11. The third-order valence-electron chi connectivity index (χ3n) is 2.82. The molecule has 0 atom stereocenters. The van der Waals surface area contributed by atoms with Gasteiger partial charge in [-0.2, -0.15) is 10.2 Å². The minimum Gasteiger partial charge on any atom is -0.424 e. The lowest BCUT2D eigenvalue weighted by Gasteiger charge is -2.11. The number of benzene rings is 1. The van der Waals surface area contributed by atoms with Gasteiger partial charge >= 0.3 is 6.01 Å². The van der Waals surface area contributed by atoms with Crippen molar-refractivity contribution < 1.29 is 4.74 Å². The van der Waals surface area contributed by atoms with Gasteiger partial charge in [0.05, 0.1) is 0 Å². The van der Waals surface area contributed by atoms with Gasteiger partial charge in [0.15, 0.2) is 0 Å². The van der Waals surface area contributed by atoms with Crippen LogP contribution in [0.25, 0.3) is 0 Å². The molecule has 0 fully saturated rings. The zero-order valence-corrected chi connectivity index (χ0v) is 11.2. The molecule has 0 bridgehead atoms. The van der Waals surface area contributed by atoms with Gasteiger partial charge in [0, 0.05) is 6.20 Å². The molecule has 1 aromatic carbocycles. The Morgan fingerprint density at radius 3 is 2.68 bits per heavy atom. The SMILES string of the molecule is Cc1cc(Oc2nccc(C#N)n2)ccc1C(C)C. The molecule has 96 valence electrons. The van der Waals surface area contributed by atoms with Crippen LogP contribution >= 0.6 is 0 Å². The molecule has 0 spiro atoms. The molecular weight excluding hydrogens is 238 g/mol. The molecule has 0 radical (unpaired) electrons. The van der Waals surface area contributed by atoms with Crippen LogP contribution in [0.15, 0.2) is 30.5 Å². The Morgan fingerprint density at radius 1 is 1.26 bits per heavy atom. The van der Waals surface area contributed by atoms with Crippen LogP contribution in [-0.2, 0) is 0 Å². The van der Waals surface area contributed by atoms with E-state index in [1.54, 1.807) is 6.07 Å². The number of hydrogen-bond acceptors (Lipinski definition) is 4. The molecule has 0 N–H and O–H groups in total. The summed E-state index contributed by atoms with van der Waals surface area (Å²) >= 11 is 0. The van der Waals surface area contributed by atoms with Gasteiger partial charge in [-0.05, 0) is 42.2 Å². The predicted octanol–water partition coefficient (Wildman–Crippen LogP) is 3.57. The Morgan fingerprint density at radius 2 is 2.05 bits per heavy atom. The highest BCUT2D eigenvalue weighted by Crippen LogP contribution is 2.25. The smallest absolute Gasteiger partial charge is 0.323 e. The third kappa shape index (κ3) is 3.08. The number of nitrogens with zero attached hydrogens (tertiary/aromatic N) is 3. The van der Waals surface area contributed by atoms with E-state index >= 15 is 0 Å². The van der Waals surface area contributed by atoms with Crippen LogP contribution in [0, 0.1) is 18.3 Å². The zero-order valence-electron chi connectivity index (χ0n) is 11.2. The predicted molar refractivity (Wildman–Crippen MR) is 72.1 cm³/mol. The van der Waals surface area contributed by atoms with E-state index in [1.807, 2.05) is 24.3 Å². The van der Waals surface area contributed by atoms with Crippen molar-refractivity contribution in [3.05, 3.63) is 47.3 Å². The maximum atomic E-state index is 8.77. The summed E-state index contributed by atoms with van der Waals surface area (Å²) in [6, 6.07) is 9.58. The van der Waals surface area contributed by atoms with Crippen LogP contribution in [0.2, 0.25) is 0 Å². The molecule has 0 aliphatic rings. The van der Waals surface area contributed by atoms with Crippen LogP contribution in [0.5, 0.6) is 11.8 Å². The quantitative estimate of drug-likeness (QED) is 0.839. The average Bonchev–Trinajstić information content (AvgIpc) is 2.38. The second kappa shape index (κ2) is 5.49. The molecule has 1 aromatic heterocycles. The van der Waals surface area contributed by atoms with Gasteiger partial charge in [-0.15, -0.1) is 0 Å². The standard InChI is InChI=1S/C15H15N3O/c1-10(2)14-5-4-13(8-11(14)3)19-15-17-7-6-12(9-16)18-15/h4-8,10H,1-3H3. The molecule has 0 unspecified atom stereocenters. The van der Waals surface area contributed by atoms with Crippen molar-refractivity contribution in [1.82, 2.24) is 9.97 Å². The van der Waals surface area contributed by atoms with Gasteiger partial charge in [-0.3, -0.25) is 0 Å². The first-order valence-electron chi connectivity index (χ1n) is 6.11. The molecule has 0 aliphatic carbocycles. The van der Waals surface area contributed by atoms with Gasteiger partial charge in [0.1, 0.15) is 17.5 Å². The normalized spacial score (nSPS) is 10.3. The minimum absolute atomic E-state index is 0.191. The monoisotopic (exact) mass is 253 g/mol. The van der Waals surface area contributed by atoms with E-state index in [4.69, 9.17) is 10.00 Å². The third-order valence-corrected chi connectivity index (χ3v) is 2.82. The molecule has 2 rings (SSSR count). The van der Waals surface area contributed by atoms with E-state index in [0.29, 0.717) is 17.4 Å². The van der Waals surface area contributed by atoms with Gasteiger partial charge in [0.25, 0.3) is 0 Å². The summed E-state index contributed by atoms with van der Waals surface area (Å²) in [5.41, 5.74) is 2.75. The Bertz CT molecular complexity index is 630. The van der Waals surface area contributed by atoms with Crippen LogP contribution in [0.1, 0.15) is 36.6 Å². The molecule has 0 saturated heterocycles. The summed E-state index contributed by atoms with van der Waals surface area (Å²) in [7, 11) is 0. The summed E-state index contributed by atoms with van der Waals surface area (Å²) in [6.07, 6.45) is 1.51. The van der Waals surface area contributed by atoms with Crippen LogP contribution in [-0.4, -0.2) is 9.97 Å². The summed E-state index contributed by atoms with van der Waals surface area (Å²) in [6.45, 7) is 6.36. The summed E-state index contributed by atoms with van der Waals surface area (Å²) in [5.74, 6) is 1.16. The number of aryl methyl sites for hydroxylation is 1. The number of aromatic nitrogens is 2. The Labute approximate surface area is 112 Å². The van der Waals surface area contributed by atoms with E-state index in [0.717, 1.165) is 0 Å². The number of rotatable bonds is 3. The second-order valence-corrected chi connectivity index (χ2v) is 4.61. The molecular formula is C15H15N3O. The van der Waals surface area contributed by atoms with Crippen LogP contribution in [0.4, 0.5) is 0 Å². The molecule has 0 aliphatic heterocycles. The fourth-order valence-electron chi connectivity index (χ4n) is 1.92. The van der Waals surface area contributed by atoms with Crippen LogP contribution in [0.3, 0.4) is 0 Å². The minimum atomic E-state index is 0.191. The van der Waals surface area contributed by atoms with Crippen molar-refractivity contribution in [2.45, 2.75) is 26.7 Å². The molecule has 0 saturated carbocycles. The lowest BCUT2D eigenvalue weighted by molar-refractivity contribution is 0.440. The number of ether oxygens (including phenoxy) is 1. The largest absolute Gasteiger partial charge is 0.424 e. The van der Waals surface area contributed by atoms with Gasteiger partial charge in [-0.25, -0.2) is 4.98 Å². The summed E-state index contributed by atoms with van der Waals surface area (Å²) in [4.78, 5) is 7.96. The van der Waals surface area contributed by atoms with Crippen molar-refractivity contribution in [3.63, 3.8) is 0 Å². The van der Waals surface area contributed by atoms with Gasteiger partial charge in [-0.1, -0.05) is 19.9 Å². The van der Waals surface area contributed by atoms with Gasteiger partial charge in [0.2, 0.25) is 0 Å². The van der Waals surface area contributed by atoms with E-state index in [-0.39, 0.29) is 6.01 Å². The van der Waals surface area contributed by atoms with E-state index in [9.17, 15) is 0 Å². The van der Waals surface area contributed by atoms with E-state index < -0.39 is 0 Å². The summed E-state index contributed by atoms with van der Waals surface area (Å²) in [5, 5.41) is 8.77. The van der Waals surface area contributed by atoms with E-state index in [2.05, 4.69) is 30.7 Å². The first kappa shape index (κ1) is 13.0. The van der Waals surface area contributed by atoms with Gasteiger partial charge < -0.3 is 4.74 Å². The highest BCUT2D eigenvalue weighted by Gasteiger charge is 2.07. The maximum absolute atomic E-state index is 8.77. The first-order chi connectivity index (χ1) is 9.10. The molecule has 19 heavy (non-hydrogen) atoms. The lowest BCUT2D eigenvalue weighted by Crippen LogP contribution is -1.96. The van der Waals surface area contributed by atoms with Crippen molar-refractivity contribution in [2.75, 3.05) is 0 Å². The van der Waals surface area contributed by atoms with Crippen LogP contribution < -0.4 is 4.74 Å².